The van der Waals surface area contributed by atoms with E-state index in [9.17, 15) is 0 Å². The van der Waals surface area contributed by atoms with Crippen LogP contribution in [0.5, 0.6) is 0 Å². The Labute approximate surface area is 98.1 Å². The van der Waals surface area contributed by atoms with Crippen LogP contribution in [-0.4, -0.2) is 0 Å². The second kappa shape index (κ2) is 4.45. The maximum absolute atomic E-state index is 3.78. The highest BCUT2D eigenvalue weighted by Gasteiger charge is 1.95. The highest BCUT2D eigenvalue weighted by molar-refractivity contribution is 9.11. The molecular formula is C14H11Br. The van der Waals surface area contributed by atoms with E-state index < -0.39 is 0 Å². The molecule has 0 N–H and O–H groups in total. The predicted molar refractivity (Wildman–Crippen MR) is 71.0 cm³/mol. The van der Waals surface area contributed by atoms with E-state index in [4.69, 9.17) is 0 Å². The van der Waals surface area contributed by atoms with Crippen LogP contribution in [0.25, 0.3) is 16.8 Å². The van der Waals surface area contributed by atoms with Gasteiger partial charge in [-0.3, -0.25) is 0 Å². The smallest absolute Gasteiger partial charge is 0.0103 e. The van der Waals surface area contributed by atoms with Gasteiger partial charge in [0.25, 0.3) is 0 Å². The minimum Gasteiger partial charge on any atom is -0.0847 e. The lowest BCUT2D eigenvalue weighted by Crippen LogP contribution is -1.76. The van der Waals surface area contributed by atoms with Crippen molar-refractivity contribution < 1.29 is 0 Å². The van der Waals surface area contributed by atoms with Gasteiger partial charge in [-0.2, -0.15) is 0 Å². The molecule has 0 aliphatic rings. The minimum absolute atomic E-state index is 0.885. The maximum Gasteiger partial charge on any atom is 0.0103 e. The monoisotopic (exact) mass is 258 g/mol. The molecule has 2 aromatic rings. The zero-order valence-electron chi connectivity index (χ0n) is 8.28. The molecular weight excluding hydrogens is 248 g/mol. The van der Waals surface area contributed by atoms with E-state index in [1.165, 1.54) is 16.3 Å². The molecule has 2 aromatic carbocycles. The summed E-state index contributed by atoms with van der Waals surface area (Å²) < 4.78 is 0.885. The van der Waals surface area contributed by atoms with Crippen molar-refractivity contribution in [1.82, 2.24) is 0 Å². The predicted octanol–water partition coefficient (Wildman–Crippen LogP) is 4.76. The number of benzene rings is 2. The van der Waals surface area contributed by atoms with Crippen molar-refractivity contribution in [2.75, 3.05) is 0 Å². The van der Waals surface area contributed by atoms with Crippen LogP contribution in [0.3, 0.4) is 0 Å². The van der Waals surface area contributed by atoms with Gasteiger partial charge in [-0.1, -0.05) is 71.0 Å². The van der Waals surface area contributed by atoms with Crippen LogP contribution in [-0.2, 0) is 0 Å². The molecule has 0 unspecified atom stereocenters. The van der Waals surface area contributed by atoms with Gasteiger partial charge in [0.1, 0.15) is 0 Å². The third-order valence-corrected chi connectivity index (χ3v) is 2.53. The third kappa shape index (κ3) is 2.37. The fraction of sp³-hybridized carbons (Fsp3) is 0. The summed E-state index contributed by atoms with van der Waals surface area (Å²) in [6.07, 6.45) is 4.03. The Kier molecular flexibility index (Phi) is 3.02. The van der Waals surface area contributed by atoms with Gasteiger partial charge in [0, 0.05) is 4.48 Å². The van der Waals surface area contributed by atoms with E-state index in [0.29, 0.717) is 0 Å². The van der Waals surface area contributed by atoms with E-state index in [1.54, 1.807) is 0 Å². The standard InChI is InChI=1S/C14H11Br/c1-11(15)9-10-13-7-4-6-12-5-2-3-8-14(12)13/h2-10H,1H2/b10-9+. The molecule has 0 fully saturated rings. The zero-order chi connectivity index (χ0) is 10.7. The van der Waals surface area contributed by atoms with Gasteiger partial charge in [-0.15, -0.1) is 0 Å². The Morgan fingerprint density at radius 1 is 1.07 bits per heavy atom. The van der Waals surface area contributed by atoms with E-state index in [1.807, 2.05) is 6.08 Å². The van der Waals surface area contributed by atoms with Crippen molar-refractivity contribution >= 4 is 32.8 Å². The average Bonchev–Trinajstić information content (AvgIpc) is 2.26. The van der Waals surface area contributed by atoms with E-state index in [-0.39, 0.29) is 0 Å². The molecule has 0 spiro atoms. The number of fused-ring (bicyclic) bond motifs is 1. The molecule has 0 nitrogen and oxygen atoms in total. The Morgan fingerprint density at radius 2 is 1.80 bits per heavy atom. The van der Waals surface area contributed by atoms with Crippen LogP contribution in [0.2, 0.25) is 0 Å². The Bertz CT molecular complexity index is 518. The van der Waals surface area contributed by atoms with Crippen molar-refractivity contribution in [3.63, 3.8) is 0 Å². The lowest BCUT2D eigenvalue weighted by Gasteiger charge is -2.01. The molecule has 0 atom stereocenters. The molecule has 2 rings (SSSR count). The number of hydrogen-bond acceptors (Lipinski definition) is 0. The van der Waals surface area contributed by atoms with Gasteiger partial charge in [0.2, 0.25) is 0 Å². The normalized spacial score (nSPS) is 11.0. The number of rotatable bonds is 2. The molecule has 0 aliphatic heterocycles. The Morgan fingerprint density at radius 3 is 2.60 bits per heavy atom. The highest BCUT2D eigenvalue weighted by atomic mass is 79.9. The SMILES string of the molecule is C=C(Br)/C=C/c1cccc2ccccc12. The molecule has 74 valence electrons. The van der Waals surface area contributed by atoms with E-state index in [2.05, 4.69) is 71.0 Å². The number of allylic oxidation sites excluding steroid dienone is 2. The molecule has 0 saturated heterocycles. The maximum atomic E-state index is 3.78. The Hall–Kier alpha value is -1.34. The quantitative estimate of drug-likeness (QED) is 0.682. The topological polar surface area (TPSA) is 0 Å². The first-order valence-electron chi connectivity index (χ1n) is 4.77. The van der Waals surface area contributed by atoms with Crippen LogP contribution >= 0.6 is 15.9 Å². The molecule has 0 saturated carbocycles. The first-order valence-corrected chi connectivity index (χ1v) is 5.57. The summed E-state index contributed by atoms with van der Waals surface area (Å²) in [5, 5.41) is 2.53. The summed E-state index contributed by atoms with van der Waals surface area (Å²) in [6.45, 7) is 3.78. The second-order valence-corrected chi connectivity index (χ2v) is 4.37. The molecule has 1 heteroatoms. The summed E-state index contributed by atoms with van der Waals surface area (Å²) in [6, 6.07) is 14.7. The lowest BCUT2D eigenvalue weighted by atomic mass is 10.0. The minimum atomic E-state index is 0.885. The fourth-order valence-corrected chi connectivity index (χ4v) is 1.71. The van der Waals surface area contributed by atoms with Crippen molar-refractivity contribution in [3.05, 3.63) is 65.2 Å². The zero-order valence-corrected chi connectivity index (χ0v) is 9.87. The molecule has 0 amide bonds. The average molecular weight is 259 g/mol. The van der Waals surface area contributed by atoms with Crippen LogP contribution in [0.15, 0.2) is 59.6 Å². The molecule has 0 heterocycles. The van der Waals surface area contributed by atoms with Gasteiger partial charge in [-0.25, -0.2) is 0 Å². The fourth-order valence-electron chi connectivity index (χ4n) is 1.58. The third-order valence-electron chi connectivity index (χ3n) is 2.27. The van der Waals surface area contributed by atoms with Crippen molar-refractivity contribution in [2.45, 2.75) is 0 Å². The van der Waals surface area contributed by atoms with Gasteiger partial charge >= 0.3 is 0 Å². The van der Waals surface area contributed by atoms with Crippen LogP contribution < -0.4 is 0 Å². The molecule has 0 bridgehead atoms. The largest absolute Gasteiger partial charge is 0.0847 e. The Balaban J connectivity index is 2.56. The van der Waals surface area contributed by atoms with Crippen LogP contribution in [0.1, 0.15) is 5.56 Å². The second-order valence-electron chi connectivity index (χ2n) is 3.35. The molecule has 0 radical (unpaired) electrons. The summed E-state index contributed by atoms with van der Waals surface area (Å²) in [7, 11) is 0. The molecule has 15 heavy (non-hydrogen) atoms. The molecule has 0 aliphatic carbocycles. The van der Waals surface area contributed by atoms with E-state index in [0.717, 1.165) is 4.48 Å². The number of halogens is 1. The van der Waals surface area contributed by atoms with Crippen LogP contribution in [0, 0.1) is 0 Å². The van der Waals surface area contributed by atoms with Gasteiger partial charge in [-0.05, 0) is 22.4 Å². The summed E-state index contributed by atoms with van der Waals surface area (Å²) >= 11 is 3.31. The molecule has 0 aromatic heterocycles. The lowest BCUT2D eigenvalue weighted by molar-refractivity contribution is 1.71. The number of hydrogen-bond donors (Lipinski definition) is 0. The first-order chi connectivity index (χ1) is 7.27. The van der Waals surface area contributed by atoms with Crippen molar-refractivity contribution in [2.24, 2.45) is 0 Å². The van der Waals surface area contributed by atoms with Gasteiger partial charge < -0.3 is 0 Å². The van der Waals surface area contributed by atoms with E-state index >= 15 is 0 Å². The van der Waals surface area contributed by atoms with Crippen molar-refractivity contribution in [1.29, 1.82) is 0 Å². The summed E-state index contributed by atoms with van der Waals surface area (Å²) in [4.78, 5) is 0. The highest BCUT2D eigenvalue weighted by Crippen LogP contribution is 2.20. The van der Waals surface area contributed by atoms with Crippen molar-refractivity contribution in [3.8, 4) is 0 Å². The van der Waals surface area contributed by atoms with Gasteiger partial charge in [0.05, 0.1) is 0 Å². The van der Waals surface area contributed by atoms with Crippen LogP contribution in [0.4, 0.5) is 0 Å². The first kappa shape index (κ1) is 10.2. The summed E-state index contributed by atoms with van der Waals surface area (Å²) in [5.74, 6) is 0. The van der Waals surface area contributed by atoms with Gasteiger partial charge in [0.15, 0.2) is 0 Å². The summed E-state index contributed by atoms with van der Waals surface area (Å²) in [5.41, 5.74) is 1.22.